The van der Waals surface area contributed by atoms with E-state index in [1.165, 1.54) is 7.11 Å². The zero-order valence-electron chi connectivity index (χ0n) is 15.0. The monoisotopic (exact) mass is 378 g/mol. The smallest absolute Gasteiger partial charge is 0.416 e. The average molecular weight is 378 g/mol. The van der Waals surface area contributed by atoms with Gasteiger partial charge in [-0.15, -0.1) is 0 Å². The molecule has 1 aliphatic rings. The summed E-state index contributed by atoms with van der Waals surface area (Å²) in [5.41, 5.74) is 0.859. The summed E-state index contributed by atoms with van der Waals surface area (Å²) in [5.74, 6) is 0.539. The van der Waals surface area contributed by atoms with Gasteiger partial charge < -0.3 is 9.47 Å². The van der Waals surface area contributed by atoms with E-state index in [2.05, 4.69) is 0 Å². The lowest BCUT2D eigenvalue weighted by Gasteiger charge is -2.19. The first-order valence-electron chi connectivity index (χ1n) is 8.88. The topological polar surface area (TPSA) is 35.5 Å². The Balaban J connectivity index is 1.80. The van der Waals surface area contributed by atoms with E-state index >= 15 is 0 Å². The number of halogens is 3. The van der Waals surface area contributed by atoms with Gasteiger partial charge in [-0.3, -0.25) is 4.79 Å². The summed E-state index contributed by atoms with van der Waals surface area (Å²) in [4.78, 5) is 10.9. The van der Waals surface area contributed by atoms with Crippen molar-refractivity contribution in [1.82, 2.24) is 0 Å². The molecule has 3 rings (SSSR count). The van der Waals surface area contributed by atoms with Gasteiger partial charge in [0, 0.05) is 0 Å². The maximum Gasteiger partial charge on any atom is 0.416 e. The first-order chi connectivity index (χ1) is 12.9. The van der Waals surface area contributed by atoms with Gasteiger partial charge in [0.05, 0.1) is 18.2 Å². The molecule has 0 amide bonds. The van der Waals surface area contributed by atoms with Crippen molar-refractivity contribution in [2.45, 2.75) is 44.4 Å². The predicted octanol–water partition coefficient (Wildman–Crippen LogP) is 5.76. The first kappa shape index (κ1) is 19.3. The summed E-state index contributed by atoms with van der Waals surface area (Å²) < 4.78 is 51.3. The number of benzene rings is 2. The Morgan fingerprint density at radius 2 is 1.85 bits per heavy atom. The fraction of sp³-hybridized carbons (Fsp3) is 0.381. The molecular weight excluding hydrogens is 357 g/mol. The highest BCUT2D eigenvalue weighted by molar-refractivity contribution is 5.79. The largest absolute Gasteiger partial charge is 0.496 e. The number of hydrogen-bond donors (Lipinski definition) is 0. The van der Waals surface area contributed by atoms with Crippen LogP contribution in [-0.4, -0.2) is 13.4 Å². The van der Waals surface area contributed by atoms with Crippen LogP contribution in [0.4, 0.5) is 13.2 Å². The Bertz CT molecular complexity index is 809. The fourth-order valence-electron chi connectivity index (χ4n) is 3.57. The van der Waals surface area contributed by atoms with Crippen LogP contribution in [0.25, 0.3) is 0 Å². The molecule has 0 aliphatic heterocycles. The van der Waals surface area contributed by atoms with Crippen molar-refractivity contribution >= 4 is 6.29 Å². The zero-order chi connectivity index (χ0) is 19.4. The number of carbonyl (C=O) groups is 1. The van der Waals surface area contributed by atoms with Crippen LogP contribution >= 0.6 is 0 Å². The molecule has 1 aliphatic carbocycles. The number of methoxy groups -OCH3 is 1. The van der Waals surface area contributed by atoms with Gasteiger partial charge in [0.25, 0.3) is 0 Å². The molecule has 2 aromatic rings. The standard InChI is InChI=1S/C21H21F3O3/c1-26-20-10-14(6-7-16(20)12-25)13-27-17-8-9-18(15-4-2-3-5-15)19(11-17)21(22,23)24/h6-12,15H,2-5,13H2,1H3. The summed E-state index contributed by atoms with van der Waals surface area (Å²) in [5, 5.41) is 0. The van der Waals surface area contributed by atoms with Gasteiger partial charge in [0.15, 0.2) is 6.29 Å². The highest BCUT2D eigenvalue weighted by Gasteiger charge is 2.36. The number of alkyl halides is 3. The lowest BCUT2D eigenvalue weighted by Crippen LogP contribution is -2.11. The quantitative estimate of drug-likeness (QED) is 0.599. The van der Waals surface area contributed by atoms with Gasteiger partial charge in [0.2, 0.25) is 0 Å². The van der Waals surface area contributed by atoms with E-state index < -0.39 is 11.7 Å². The molecule has 0 heterocycles. The van der Waals surface area contributed by atoms with Crippen LogP contribution in [0.5, 0.6) is 11.5 Å². The Labute approximate surface area is 156 Å². The van der Waals surface area contributed by atoms with E-state index in [0.717, 1.165) is 31.7 Å². The molecule has 1 saturated carbocycles. The molecule has 2 aromatic carbocycles. The number of hydrogen-bond acceptors (Lipinski definition) is 3. The minimum Gasteiger partial charge on any atom is -0.496 e. The van der Waals surface area contributed by atoms with Crippen LogP contribution in [0.3, 0.4) is 0 Å². The second-order valence-electron chi connectivity index (χ2n) is 6.71. The van der Waals surface area contributed by atoms with Crippen LogP contribution in [0, 0.1) is 0 Å². The Morgan fingerprint density at radius 1 is 1.11 bits per heavy atom. The van der Waals surface area contributed by atoms with Crippen molar-refractivity contribution in [3.8, 4) is 11.5 Å². The fourth-order valence-corrected chi connectivity index (χ4v) is 3.57. The third kappa shape index (κ3) is 4.43. The molecule has 0 aromatic heterocycles. The zero-order valence-corrected chi connectivity index (χ0v) is 15.0. The highest BCUT2D eigenvalue weighted by atomic mass is 19.4. The Kier molecular flexibility index (Phi) is 5.73. The molecule has 144 valence electrons. The van der Waals surface area contributed by atoms with Gasteiger partial charge in [-0.2, -0.15) is 13.2 Å². The highest BCUT2D eigenvalue weighted by Crippen LogP contribution is 2.42. The number of aldehydes is 1. The van der Waals surface area contributed by atoms with Crippen molar-refractivity contribution in [2.75, 3.05) is 7.11 Å². The molecule has 0 bridgehead atoms. The summed E-state index contributed by atoms with van der Waals surface area (Å²) >= 11 is 0. The van der Waals surface area contributed by atoms with Gasteiger partial charge >= 0.3 is 6.18 Å². The van der Waals surface area contributed by atoms with E-state index in [1.807, 2.05) is 0 Å². The molecule has 0 unspecified atom stereocenters. The second-order valence-corrected chi connectivity index (χ2v) is 6.71. The molecule has 27 heavy (non-hydrogen) atoms. The number of carbonyl (C=O) groups excluding carboxylic acids is 1. The Morgan fingerprint density at radius 3 is 2.48 bits per heavy atom. The third-order valence-electron chi connectivity index (χ3n) is 4.96. The molecule has 0 spiro atoms. The van der Waals surface area contributed by atoms with Crippen LogP contribution in [0.2, 0.25) is 0 Å². The second kappa shape index (κ2) is 8.03. The molecular formula is C21H21F3O3. The van der Waals surface area contributed by atoms with Gasteiger partial charge in [0.1, 0.15) is 18.1 Å². The molecule has 3 nitrogen and oxygen atoms in total. The molecule has 0 atom stereocenters. The minimum atomic E-state index is -4.41. The average Bonchev–Trinajstić information content (AvgIpc) is 3.19. The van der Waals surface area contributed by atoms with Crippen molar-refractivity contribution < 1.29 is 27.4 Å². The lowest BCUT2D eigenvalue weighted by molar-refractivity contribution is -0.138. The molecule has 0 N–H and O–H groups in total. The summed E-state index contributed by atoms with van der Waals surface area (Å²) in [6.45, 7) is 0.0789. The van der Waals surface area contributed by atoms with Crippen LogP contribution < -0.4 is 9.47 Å². The SMILES string of the molecule is COc1cc(COc2ccc(C3CCCC3)c(C(F)(F)F)c2)ccc1C=O. The number of ether oxygens (including phenoxy) is 2. The third-order valence-corrected chi connectivity index (χ3v) is 4.96. The van der Waals surface area contributed by atoms with E-state index in [0.29, 0.717) is 28.7 Å². The van der Waals surface area contributed by atoms with Gasteiger partial charge in [-0.05, 0) is 54.2 Å². The first-order valence-corrected chi connectivity index (χ1v) is 8.88. The van der Waals surface area contributed by atoms with E-state index in [9.17, 15) is 18.0 Å². The maximum absolute atomic E-state index is 13.5. The Hall–Kier alpha value is -2.50. The maximum atomic E-state index is 13.5. The minimum absolute atomic E-state index is 0.0316. The predicted molar refractivity (Wildman–Crippen MR) is 95.4 cm³/mol. The summed E-state index contributed by atoms with van der Waals surface area (Å²) in [6, 6.07) is 9.15. The van der Waals surface area contributed by atoms with E-state index in [-0.39, 0.29) is 18.3 Å². The lowest BCUT2D eigenvalue weighted by atomic mass is 9.92. The van der Waals surface area contributed by atoms with Gasteiger partial charge in [-0.25, -0.2) is 0 Å². The molecule has 0 radical (unpaired) electrons. The number of rotatable bonds is 6. The van der Waals surface area contributed by atoms with Crippen molar-refractivity contribution in [3.05, 3.63) is 58.7 Å². The van der Waals surface area contributed by atoms with Gasteiger partial charge in [-0.1, -0.05) is 25.0 Å². The van der Waals surface area contributed by atoms with E-state index in [1.54, 1.807) is 30.3 Å². The molecule has 1 fully saturated rings. The van der Waals surface area contributed by atoms with Crippen molar-refractivity contribution in [1.29, 1.82) is 0 Å². The molecule has 6 heteroatoms. The van der Waals surface area contributed by atoms with Crippen molar-refractivity contribution in [2.24, 2.45) is 0 Å². The van der Waals surface area contributed by atoms with Crippen LogP contribution in [0.1, 0.15) is 58.6 Å². The van der Waals surface area contributed by atoms with Crippen molar-refractivity contribution in [3.63, 3.8) is 0 Å². The summed E-state index contributed by atoms with van der Waals surface area (Å²) in [7, 11) is 1.45. The normalized spacial score (nSPS) is 15.0. The summed E-state index contributed by atoms with van der Waals surface area (Å²) in [6.07, 6.45) is -0.192. The van der Waals surface area contributed by atoms with E-state index in [4.69, 9.17) is 9.47 Å². The van der Waals surface area contributed by atoms with Crippen LogP contribution in [0.15, 0.2) is 36.4 Å². The van der Waals surface area contributed by atoms with Crippen LogP contribution in [-0.2, 0) is 12.8 Å². The molecule has 0 saturated heterocycles.